The molecule has 0 aromatic heterocycles. The monoisotopic (exact) mass is 340 g/mol. The largest absolute Gasteiger partial charge is 0.443 e. The average Bonchev–Trinajstić information content (AvgIpc) is 2.34. The molecule has 1 aliphatic rings. The number of aliphatic hydroxyl groups excluding tert-OH is 1. The zero-order valence-electron chi connectivity index (χ0n) is 15.5. The number of aliphatic hydroxyl groups is 1. The van der Waals surface area contributed by atoms with E-state index in [-0.39, 0.29) is 18.4 Å². The Morgan fingerprint density at radius 2 is 1.58 bits per heavy atom. The second kappa shape index (κ2) is 7.34. The molecular weight excluding hydrogens is 312 g/mol. The lowest BCUT2D eigenvalue weighted by atomic mass is 9.91. The fourth-order valence-electron chi connectivity index (χ4n) is 2.07. The first-order valence-electron chi connectivity index (χ1n) is 7.97. The molecule has 0 aromatic carbocycles. The van der Waals surface area contributed by atoms with Crippen LogP contribution in [0.3, 0.4) is 0 Å². The number of allylic oxidation sites excluding steroid dienone is 1. The number of ether oxygens (including phenoxy) is 2. The van der Waals surface area contributed by atoms with Gasteiger partial charge in [-0.15, -0.1) is 0 Å². The Labute approximate surface area is 143 Å². The minimum absolute atomic E-state index is 0.0881. The molecule has 1 heterocycles. The van der Waals surface area contributed by atoms with Crippen LogP contribution in [0.2, 0.25) is 0 Å². The van der Waals surface area contributed by atoms with Crippen molar-refractivity contribution in [1.82, 2.24) is 4.90 Å². The highest BCUT2D eigenvalue weighted by Gasteiger charge is 2.39. The molecule has 7 heteroatoms. The first-order chi connectivity index (χ1) is 10.9. The standard InChI is InChI=1S/C17H28N2O5/c1-11-8-9-18-13(12(11)10-20)19(14(21)23-16(2,3)4)15(22)24-17(5,6)7/h8-9,11-12,20H,10H2,1-7H3/t11-,12?/m0/s1. The lowest BCUT2D eigenvalue weighted by molar-refractivity contribution is 0.0132. The van der Waals surface area contributed by atoms with Gasteiger partial charge >= 0.3 is 12.2 Å². The molecule has 1 unspecified atom stereocenters. The summed E-state index contributed by atoms with van der Waals surface area (Å²) in [5, 5.41) is 9.66. The fourth-order valence-corrected chi connectivity index (χ4v) is 2.07. The Kier molecular flexibility index (Phi) is 6.16. The molecule has 0 bridgehead atoms. The number of hydrogen-bond acceptors (Lipinski definition) is 6. The van der Waals surface area contributed by atoms with Crippen LogP contribution in [0.15, 0.2) is 17.3 Å². The van der Waals surface area contributed by atoms with Gasteiger partial charge in [-0.25, -0.2) is 14.6 Å². The molecule has 0 saturated carbocycles. The molecule has 0 aromatic rings. The Hall–Kier alpha value is -1.89. The van der Waals surface area contributed by atoms with Gasteiger partial charge in [0.15, 0.2) is 0 Å². The number of imide groups is 1. The summed E-state index contributed by atoms with van der Waals surface area (Å²) < 4.78 is 10.6. The smallest absolute Gasteiger partial charge is 0.425 e. The predicted octanol–water partition coefficient (Wildman–Crippen LogP) is 3.33. The van der Waals surface area contributed by atoms with E-state index >= 15 is 0 Å². The molecule has 136 valence electrons. The first kappa shape index (κ1) is 20.2. The number of hydrogen-bond donors (Lipinski definition) is 1. The van der Waals surface area contributed by atoms with Gasteiger partial charge < -0.3 is 14.6 Å². The van der Waals surface area contributed by atoms with E-state index in [0.717, 1.165) is 4.90 Å². The van der Waals surface area contributed by atoms with E-state index in [1.165, 1.54) is 6.20 Å². The van der Waals surface area contributed by atoms with Gasteiger partial charge in [0.25, 0.3) is 0 Å². The molecule has 1 N–H and O–H groups in total. The molecule has 0 fully saturated rings. The molecule has 1 aliphatic heterocycles. The van der Waals surface area contributed by atoms with Crippen LogP contribution in [-0.4, -0.2) is 45.8 Å². The van der Waals surface area contributed by atoms with Crippen LogP contribution in [0.4, 0.5) is 9.59 Å². The van der Waals surface area contributed by atoms with Gasteiger partial charge in [-0.1, -0.05) is 13.0 Å². The zero-order valence-corrected chi connectivity index (χ0v) is 15.5. The lowest BCUT2D eigenvalue weighted by Gasteiger charge is -2.33. The van der Waals surface area contributed by atoms with E-state index in [0.29, 0.717) is 0 Å². The number of amidine groups is 1. The van der Waals surface area contributed by atoms with E-state index in [9.17, 15) is 14.7 Å². The maximum absolute atomic E-state index is 12.6. The third-order valence-electron chi connectivity index (χ3n) is 3.14. The van der Waals surface area contributed by atoms with Crippen molar-refractivity contribution < 1.29 is 24.2 Å². The van der Waals surface area contributed by atoms with Crippen LogP contribution in [-0.2, 0) is 9.47 Å². The van der Waals surface area contributed by atoms with Gasteiger partial charge in [0.1, 0.15) is 17.0 Å². The summed E-state index contributed by atoms with van der Waals surface area (Å²) >= 11 is 0. The summed E-state index contributed by atoms with van der Waals surface area (Å²) in [5.74, 6) is -0.471. The number of aliphatic imine (C=N–C) groups is 1. The number of carbonyl (C=O) groups is 2. The highest BCUT2D eigenvalue weighted by molar-refractivity contribution is 6.10. The number of nitrogens with zero attached hydrogens (tertiary/aromatic N) is 2. The van der Waals surface area contributed by atoms with E-state index in [1.807, 2.05) is 6.92 Å². The fraction of sp³-hybridized carbons (Fsp3) is 0.706. The van der Waals surface area contributed by atoms with Crippen molar-refractivity contribution in [2.24, 2.45) is 16.8 Å². The molecule has 0 aliphatic carbocycles. The first-order valence-corrected chi connectivity index (χ1v) is 7.97. The van der Waals surface area contributed by atoms with Crippen molar-refractivity contribution >= 4 is 18.0 Å². The molecule has 24 heavy (non-hydrogen) atoms. The van der Waals surface area contributed by atoms with Gasteiger partial charge in [-0.3, -0.25) is 0 Å². The minimum Gasteiger partial charge on any atom is -0.443 e. The van der Waals surface area contributed by atoms with E-state index in [4.69, 9.17) is 9.47 Å². The molecule has 7 nitrogen and oxygen atoms in total. The Morgan fingerprint density at radius 3 is 1.96 bits per heavy atom. The highest BCUT2D eigenvalue weighted by Crippen LogP contribution is 2.24. The molecule has 0 radical (unpaired) electrons. The predicted molar refractivity (Wildman–Crippen MR) is 90.6 cm³/mol. The molecule has 1 rings (SSSR count). The van der Waals surface area contributed by atoms with Crippen molar-refractivity contribution in [2.75, 3.05) is 6.61 Å². The van der Waals surface area contributed by atoms with Crippen molar-refractivity contribution in [1.29, 1.82) is 0 Å². The van der Waals surface area contributed by atoms with Crippen LogP contribution in [0.1, 0.15) is 48.5 Å². The number of rotatable bonds is 1. The SMILES string of the molecule is C[C@H]1C=CN=C(N(C(=O)OC(C)(C)C)C(=O)OC(C)(C)C)C1CO. The summed E-state index contributed by atoms with van der Waals surface area (Å²) in [6, 6.07) is 0. The van der Waals surface area contributed by atoms with Gasteiger partial charge in [-0.05, 0) is 47.5 Å². The van der Waals surface area contributed by atoms with E-state index < -0.39 is 29.3 Å². The minimum atomic E-state index is -0.878. The van der Waals surface area contributed by atoms with Crippen molar-refractivity contribution in [3.8, 4) is 0 Å². The maximum atomic E-state index is 12.6. The summed E-state index contributed by atoms with van der Waals surface area (Å²) in [4.78, 5) is 30.0. The molecule has 0 saturated heterocycles. The molecule has 0 spiro atoms. The third-order valence-corrected chi connectivity index (χ3v) is 3.14. The lowest BCUT2D eigenvalue weighted by Crippen LogP contribution is -2.51. The van der Waals surface area contributed by atoms with Crippen LogP contribution in [0, 0.1) is 11.8 Å². The van der Waals surface area contributed by atoms with E-state index in [2.05, 4.69) is 4.99 Å². The second-order valence-corrected chi connectivity index (χ2v) is 7.77. The Balaban J connectivity index is 3.22. The normalized spacial score (nSPS) is 21.1. The van der Waals surface area contributed by atoms with Gasteiger partial charge in [0.05, 0.1) is 6.61 Å². The zero-order chi connectivity index (χ0) is 18.7. The van der Waals surface area contributed by atoms with Crippen molar-refractivity contribution in [2.45, 2.75) is 59.7 Å². The quantitative estimate of drug-likeness (QED) is 0.791. The van der Waals surface area contributed by atoms with Gasteiger partial charge in [0.2, 0.25) is 0 Å². The van der Waals surface area contributed by atoms with Crippen LogP contribution in [0.5, 0.6) is 0 Å². The summed E-state index contributed by atoms with van der Waals surface area (Å²) in [5.41, 5.74) is -1.58. The van der Waals surface area contributed by atoms with E-state index in [1.54, 1.807) is 47.6 Å². The van der Waals surface area contributed by atoms with Gasteiger partial charge in [-0.2, -0.15) is 4.90 Å². The molecule has 2 amide bonds. The summed E-state index contributed by atoms with van der Waals surface area (Å²) in [6.07, 6.45) is 1.55. The third kappa shape index (κ3) is 5.63. The molecule has 2 atom stereocenters. The number of amides is 2. The topological polar surface area (TPSA) is 88.4 Å². The summed E-state index contributed by atoms with van der Waals surface area (Å²) in [6.45, 7) is 11.8. The van der Waals surface area contributed by atoms with Gasteiger partial charge in [0, 0.05) is 12.1 Å². The average molecular weight is 340 g/mol. The molecular formula is C17H28N2O5. The van der Waals surface area contributed by atoms with Crippen LogP contribution < -0.4 is 0 Å². The van der Waals surface area contributed by atoms with Crippen molar-refractivity contribution in [3.63, 3.8) is 0 Å². The van der Waals surface area contributed by atoms with Crippen molar-refractivity contribution in [3.05, 3.63) is 12.3 Å². The van der Waals surface area contributed by atoms with Crippen LogP contribution >= 0.6 is 0 Å². The second-order valence-electron chi connectivity index (χ2n) is 7.77. The Morgan fingerprint density at radius 1 is 1.12 bits per heavy atom. The maximum Gasteiger partial charge on any atom is 0.425 e. The highest BCUT2D eigenvalue weighted by atomic mass is 16.6. The number of carbonyl (C=O) groups excluding carboxylic acids is 2. The Bertz CT molecular complexity index is 512. The van der Waals surface area contributed by atoms with Crippen LogP contribution in [0.25, 0.3) is 0 Å². The summed E-state index contributed by atoms with van der Waals surface area (Å²) in [7, 11) is 0.